The van der Waals surface area contributed by atoms with Crippen LogP contribution in [0.1, 0.15) is 16.1 Å². The number of pyridine rings is 1. The van der Waals surface area contributed by atoms with Gasteiger partial charge in [0.15, 0.2) is 5.76 Å². The van der Waals surface area contributed by atoms with Crippen LogP contribution < -0.4 is 5.32 Å². The number of anilines is 1. The second kappa shape index (κ2) is 5.90. The summed E-state index contributed by atoms with van der Waals surface area (Å²) in [6, 6.07) is 13.1. The van der Waals surface area contributed by atoms with Crippen LogP contribution in [-0.2, 0) is 0 Å². The van der Waals surface area contributed by atoms with Gasteiger partial charge in [-0.3, -0.25) is 9.20 Å². The number of furan rings is 1. The van der Waals surface area contributed by atoms with Crippen molar-refractivity contribution >= 4 is 17.4 Å². The van der Waals surface area contributed by atoms with Crippen molar-refractivity contribution < 1.29 is 13.6 Å². The summed E-state index contributed by atoms with van der Waals surface area (Å²) < 4.78 is 20.5. The highest BCUT2D eigenvalue weighted by molar-refractivity contribution is 6.04. The van der Waals surface area contributed by atoms with Crippen molar-refractivity contribution in [1.82, 2.24) is 9.38 Å². The van der Waals surface area contributed by atoms with E-state index in [0.29, 0.717) is 22.7 Å². The van der Waals surface area contributed by atoms with E-state index < -0.39 is 5.91 Å². The van der Waals surface area contributed by atoms with Crippen LogP contribution in [0, 0.1) is 12.7 Å². The first-order chi connectivity index (χ1) is 12.1. The number of hydrogen-bond acceptors (Lipinski definition) is 3. The zero-order chi connectivity index (χ0) is 17.4. The van der Waals surface area contributed by atoms with Gasteiger partial charge in [0.05, 0.1) is 6.26 Å². The summed E-state index contributed by atoms with van der Waals surface area (Å²) in [5.74, 6) is -0.117. The number of imidazole rings is 1. The van der Waals surface area contributed by atoms with Crippen molar-refractivity contribution in [3.05, 3.63) is 78.1 Å². The van der Waals surface area contributed by atoms with Crippen molar-refractivity contribution in [3.63, 3.8) is 0 Å². The monoisotopic (exact) mass is 335 g/mol. The molecule has 1 amide bonds. The number of rotatable bonds is 3. The van der Waals surface area contributed by atoms with Gasteiger partial charge in [-0.25, -0.2) is 9.37 Å². The van der Waals surface area contributed by atoms with Crippen LogP contribution in [0.25, 0.3) is 16.9 Å². The zero-order valence-corrected chi connectivity index (χ0v) is 13.4. The van der Waals surface area contributed by atoms with E-state index in [1.807, 2.05) is 25.3 Å². The Balaban J connectivity index is 1.88. The summed E-state index contributed by atoms with van der Waals surface area (Å²) >= 11 is 0. The van der Waals surface area contributed by atoms with Crippen molar-refractivity contribution in [2.75, 3.05) is 5.32 Å². The number of benzene rings is 1. The summed E-state index contributed by atoms with van der Waals surface area (Å²) in [6.07, 6.45) is 3.25. The summed E-state index contributed by atoms with van der Waals surface area (Å²) in [6.45, 7) is 1.96. The molecule has 6 heteroatoms. The van der Waals surface area contributed by atoms with E-state index in [2.05, 4.69) is 10.3 Å². The SMILES string of the molecule is Cc1ccn2c(NC(=O)c3ccco3)c(-c3cccc(F)c3)nc2c1. The molecule has 124 valence electrons. The molecule has 0 radical (unpaired) electrons. The lowest BCUT2D eigenvalue weighted by Gasteiger charge is -2.07. The van der Waals surface area contributed by atoms with Gasteiger partial charge < -0.3 is 9.73 Å². The maximum atomic E-state index is 13.7. The summed E-state index contributed by atoms with van der Waals surface area (Å²) in [5, 5.41) is 2.82. The molecule has 0 unspecified atom stereocenters. The molecule has 0 atom stereocenters. The lowest BCUT2D eigenvalue weighted by molar-refractivity contribution is 0.0996. The van der Waals surface area contributed by atoms with Gasteiger partial charge in [-0.05, 0) is 48.9 Å². The van der Waals surface area contributed by atoms with Crippen LogP contribution in [0.15, 0.2) is 65.4 Å². The minimum Gasteiger partial charge on any atom is -0.459 e. The molecule has 3 aromatic heterocycles. The van der Waals surface area contributed by atoms with Crippen molar-refractivity contribution in [1.29, 1.82) is 0 Å². The maximum absolute atomic E-state index is 13.7. The van der Waals surface area contributed by atoms with Gasteiger partial charge >= 0.3 is 0 Å². The van der Waals surface area contributed by atoms with Crippen LogP contribution in [0.4, 0.5) is 10.2 Å². The van der Waals surface area contributed by atoms with Crippen LogP contribution >= 0.6 is 0 Å². The average Bonchev–Trinajstić information content (AvgIpc) is 3.23. The van der Waals surface area contributed by atoms with Crippen LogP contribution in [0.2, 0.25) is 0 Å². The molecule has 1 N–H and O–H groups in total. The Kier molecular flexibility index (Phi) is 3.57. The predicted octanol–water partition coefficient (Wildman–Crippen LogP) is 4.29. The van der Waals surface area contributed by atoms with Gasteiger partial charge in [-0.1, -0.05) is 12.1 Å². The molecule has 1 aromatic carbocycles. The molecule has 3 heterocycles. The smallest absolute Gasteiger partial charge is 0.292 e. The Hall–Kier alpha value is -3.41. The first kappa shape index (κ1) is 15.1. The molecule has 0 saturated carbocycles. The highest BCUT2D eigenvalue weighted by Gasteiger charge is 2.18. The average molecular weight is 335 g/mol. The highest BCUT2D eigenvalue weighted by atomic mass is 19.1. The molecule has 0 spiro atoms. The molecule has 0 saturated heterocycles. The Labute approximate surface area is 142 Å². The normalized spacial score (nSPS) is 11.0. The lowest BCUT2D eigenvalue weighted by atomic mass is 10.1. The number of carbonyl (C=O) groups excluding carboxylic acids is 1. The number of hydrogen-bond donors (Lipinski definition) is 1. The number of carbonyl (C=O) groups is 1. The van der Waals surface area contributed by atoms with Gasteiger partial charge in [-0.15, -0.1) is 0 Å². The number of amides is 1. The fraction of sp³-hybridized carbons (Fsp3) is 0.0526. The predicted molar refractivity (Wildman–Crippen MR) is 92.0 cm³/mol. The van der Waals surface area contributed by atoms with E-state index >= 15 is 0 Å². The third-order valence-electron chi connectivity index (χ3n) is 3.86. The Morgan fingerprint density at radius 2 is 2.08 bits per heavy atom. The molecular weight excluding hydrogens is 321 g/mol. The molecule has 0 aliphatic carbocycles. The second-order valence-corrected chi connectivity index (χ2v) is 5.68. The van der Waals surface area contributed by atoms with Gasteiger partial charge in [0.25, 0.3) is 5.91 Å². The Bertz CT molecular complexity index is 1070. The van der Waals surface area contributed by atoms with E-state index in [1.54, 1.807) is 28.7 Å². The van der Waals surface area contributed by atoms with Gasteiger partial charge in [0.1, 0.15) is 23.0 Å². The van der Waals surface area contributed by atoms with Crippen molar-refractivity contribution in [2.45, 2.75) is 6.92 Å². The van der Waals surface area contributed by atoms with Crippen LogP contribution in [-0.4, -0.2) is 15.3 Å². The molecule has 25 heavy (non-hydrogen) atoms. The van der Waals surface area contributed by atoms with E-state index in [9.17, 15) is 9.18 Å². The molecule has 5 nitrogen and oxygen atoms in total. The lowest BCUT2D eigenvalue weighted by Crippen LogP contribution is -2.13. The number of halogens is 1. The molecule has 4 rings (SSSR count). The zero-order valence-electron chi connectivity index (χ0n) is 13.4. The highest BCUT2D eigenvalue weighted by Crippen LogP contribution is 2.30. The molecule has 4 aromatic rings. The van der Waals surface area contributed by atoms with Gasteiger partial charge in [0.2, 0.25) is 0 Å². The first-order valence-corrected chi connectivity index (χ1v) is 7.71. The number of nitrogens with one attached hydrogen (secondary N) is 1. The van der Waals surface area contributed by atoms with E-state index in [4.69, 9.17) is 4.42 Å². The van der Waals surface area contributed by atoms with Gasteiger partial charge in [-0.2, -0.15) is 0 Å². The molecule has 0 aliphatic rings. The van der Waals surface area contributed by atoms with Crippen LogP contribution in [0.5, 0.6) is 0 Å². The second-order valence-electron chi connectivity index (χ2n) is 5.68. The van der Waals surface area contributed by atoms with E-state index in [-0.39, 0.29) is 11.6 Å². The fourth-order valence-corrected chi connectivity index (χ4v) is 2.68. The molecular formula is C19H14FN3O2. The third-order valence-corrected chi connectivity index (χ3v) is 3.86. The fourth-order valence-electron chi connectivity index (χ4n) is 2.68. The molecule has 0 fully saturated rings. The van der Waals surface area contributed by atoms with E-state index in [1.165, 1.54) is 18.4 Å². The number of aryl methyl sites for hydroxylation is 1. The van der Waals surface area contributed by atoms with Gasteiger partial charge in [0, 0.05) is 11.8 Å². The summed E-state index contributed by atoms with van der Waals surface area (Å²) in [4.78, 5) is 17.0. The summed E-state index contributed by atoms with van der Waals surface area (Å²) in [7, 11) is 0. The maximum Gasteiger partial charge on any atom is 0.292 e. The minimum atomic E-state index is -0.398. The Morgan fingerprint density at radius 3 is 2.84 bits per heavy atom. The number of nitrogens with zero attached hydrogens (tertiary/aromatic N) is 2. The number of aromatic nitrogens is 2. The van der Waals surface area contributed by atoms with Crippen LogP contribution in [0.3, 0.4) is 0 Å². The third kappa shape index (κ3) is 2.78. The van der Waals surface area contributed by atoms with Crippen molar-refractivity contribution in [2.24, 2.45) is 0 Å². The van der Waals surface area contributed by atoms with Crippen molar-refractivity contribution in [3.8, 4) is 11.3 Å². The quantitative estimate of drug-likeness (QED) is 0.607. The standard InChI is InChI=1S/C19H14FN3O2/c1-12-7-8-23-16(10-12)21-17(13-4-2-5-14(20)11-13)18(23)22-19(24)15-6-3-9-25-15/h2-11H,1H3,(H,22,24). The first-order valence-electron chi connectivity index (χ1n) is 7.71. The van der Waals surface area contributed by atoms with E-state index in [0.717, 1.165) is 5.56 Å². The largest absolute Gasteiger partial charge is 0.459 e. The minimum absolute atomic E-state index is 0.187. The Morgan fingerprint density at radius 1 is 1.20 bits per heavy atom. The molecule has 0 aliphatic heterocycles. The topological polar surface area (TPSA) is 59.5 Å². The summed E-state index contributed by atoms with van der Waals surface area (Å²) in [5.41, 5.74) is 2.77. The molecule has 0 bridgehead atoms. The number of fused-ring (bicyclic) bond motifs is 1.